The third-order valence-electron chi connectivity index (χ3n) is 6.10. The number of carbonyl (C=O) groups is 1. The zero-order valence-electron chi connectivity index (χ0n) is 21.2. The van der Waals surface area contributed by atoms with E-state index in [9.17, 15) is 18.0 Å². The molecule has 0 aliphatic carbocycles. The predicted molar refractivity (Wildman–Crippen MR) is 134 cm³/mol. The second kappa shape index (κ2) is 9.12. The summed E-state index contributed by atoms with van der Waals surface area (Å²) in [6.45, 7) is 5.48. The molecule has 0 radical (unpaired) electrons. The lowest BCUT2D eigenvalue weighted by Crippen LogP contribution is -2.25. The molecule has 4 aromatic heterocycles. The van der Waals surface area contributed by atoms with Crippen molar-refractivity contribution in [2.45, 2.75) is 39.0 Å². The van der Waals surface area contributed by atoms with Crippen LogP contribution < -0.4 is 5.32 Å². The third-order valence-corrected chi connectivity index (χ3v) is 6.10. The number of rotatable bonds is 5. The van der Waals surface area contributed by atoms with Gasteiger partial charge >= 0.3 is 6.18 Å². The largest absolute Gasteiger partial charge is 0.416 e. The highest BCUT2D eigenvalue weighted by Gasteiger charge is 2.34. The molecule has 0 aliphatic heterocycles. The lowest BCUT2D eigenvalue weighted by Gasteiger charge is -2.18. The molecule has 9 nitrogen and oxygen atoms in total. The Morgan fingerprint density at radius 3 is 2.39 bits per heavy atom. The number of hydrogen-bond donors (Lipinski definition) is 1. The Morgan fingerprint density at radius 2 is 1.74 bits per heavy atom. The van der Waals surface area contributed by atoms with Crippen molar-refractivity contribution in [3.63, 3.8) is 0 Å². The summed E-state index contributed by atoms with van der Waals surface area (Å²) >= 11 is 0. The van der Waals surface area contributed by atoms with Crippen LogP contribution in [0.25, 0.3) is 27.9 Å². The van der Waals surface area contributed by atoms with Gasteiger partial charge in [0, 0.05) is 48.9 Å². The van der Waals surface area contributed by atoms with Crippen LogP contribution >= 0.6 is 0 Å². The Kier molecular flexibility index (Phi) is 6.04. The molecule has 5 rings (SSSR count). The molecule has 12 heteroatoms. The molecule has 1 amide bonds. The van der Waals surface area contributed by atoms with Gasteiger partial charge in [-0.3, -0.25) is 14.2 Å². The topological polar surface area (TPSA) is 94.9 Å². The van der Waals surface area contributed by atoms with Crippen molar-refractivity contribution in [1.29, 1.82) is 0 Å². The summed E-state index contributed by atoms with van der Waals surface area (Å²) in [5, 5.41) is 15.1. The number of carbonyl (C=O) groups excluding carboxylic acids is 1. The highest BCUT2D eigenvalue weighted by Crippen LogP contribution is 2.36. The maximum atomic E-state index is 14.1. The summed E-state index contributed by atoms with van der Waals surface area (Å²) in [6.07, 6.45) is 4.93. The third kappa shape index (κ3) is 4.89. The van der Waals surface area contributed by atoms with Crippen LogP contribution in [0.2, 0.25) is 0 Å². The first-order valence-electron chi connectivity index (χ1n) is 11.8. The molecule has 0 spiro atoms. The van der Waals surface area contributed by atoms with Crippen LogP contribution in [0.15, 0.2) is 61.6 Å². The van der Waals surface area contributed by atoms with E-state index in [0.717, 1.165) is 17.2 Å². The molecule has 0 atom stereocenters. The maximum absolute atomic E-state index is 14.1. The SMILES string of the molecule is Cn1cc(-c2cc3c(-c4ccc(CNC(=O)c5cnn(C(C)(C)C)c5)c(C(F)(F)F)c4)ncnn3c2)cn1. The molecule has 0 bridgehead atoms. The number of aryl methyl sites for hydroxylation is 1. The van der Waals surface area contributed by atoms with E-state index in [2.05, 4.69) is 25.6 Å². The van der Waals surface area contributed by atoms with Gasteiger partial charge in [0.25, 0.3) is 5.91 Å². The first-order valence-corrected chi connectivity index (χ1v) is 11.8. The standard InChI is InChI=1S/C26H25F3N8O/c1-25(2,3)37-14-20(11-33-37)24(38)30-9-17-6-5-16(7-21(17)26(27,28)29)23-22-8-18(13-36(22)34-15-31-23)19-10-32-35(4)12-19/h5-8,10-15H,9H2,1-4H3,(H,30,38). The Balaban J connectivity index is 1.45. The normalized spacial score (nSPS) is 12.3. The van der Waals surface area contributed by atoms with Gasteiger partial charge in [-0.2, -0.15) is 28.5 Å². The fourth-order valence-electron chi connectivity index (χ4n) is 4.11. The van der Waals surface area contributed by atoms with Gasteiger partial charge in [-0.25, -0.2) is 9.50 Å². The minimum absolute atomic E-state index is 0.0608. The van der Waals surface area contributed by atoms with Gasteiger partial charge in [0.1, 0.15) is 6.33 Å². The summed E-state index contributed by atoms with van der Waals surface area (Å²) in [6, 6.07) is 5.79. The zero-order valence-corrected chi connectivity index (χ0v) is 21.2. The second-order valence-electron chi connectivity index (χ2n) is 9.97. The Hall–Kier alpha value is -4.48. The molecule has 1 aromatic carbocycles. The first-order chi connectivity index (χ1) is 17.9. The number of nitrogens with one attached hydrogen (secondary N) is 1. The minimum Gasteiger partial charge on any atom is -0.348 e. The summed E-state index contributed by atoms with van der Waals surface area (Å²) in [4.78, 5) is 16.9. The smallest absolute Gasteiger partial charge is 0.348 e. The number of benzene rings is 1. The minimum atomic E-state index is -4.64. The van der Waals surface area contributed by atoms with E-state index >= 15 is 0 Å². The summed E-state index contributed by atoms with van der Waals surface area (Å²) < 4.78 is 47.1. The molecule has 0 aliphatic rings. The fraction of sp³-hybridized carbons (Fsp3) is 0.269. The number of fused-ring (bicyclic) bond motifs is 1. The lowest BCUT2D eigenvalue weighted by atomic mass is 10.0. The van der Waals surface area contributed by atoms with E-state index in [0.29, 0.717) is 11.2 Å². The number of nitrogens with zero attached hydrogens (tertiary/aromatic N) is 7. The average molecular weight is 523 g/mol. The summed E-state index contributed by atoms with van der Waals surface area (Å²) in [7, 11) is 1.80. The van der Waals surface area contributed by atoms with Crippen molar-refractivity contribution in [3.8, 4) is 22.4 Å². The van der Waals surface area contributed by atoms with Crippen LogP contribution in [0.3, 0.4) is 0 Å². The molecule has 4 heterocycles. The van der Waals surface area contributed by atoms with Gasteiger partial charge in [0.15, 0.2) is 0 Å². The van der Waals surface area contributed by atoms with Crippen LogP contribution in [0.5, 0.6) is 0 Å². The number of alkyl halides is 3. The predicted octanol–water partition coefficient (Wildman–Crippen LogP) is 4.70. The van der Waals surface area contributed by atoms with E-state index in [1.807, 2.05) is 33.0 Å². The quantitative estimate of drug-likeness (QED) is 0.361. The molecule has 38 heavy (non-hydrogen) atoms. The number of amides is 1. The average Bonchev–Trinajstić information content (AvgIpc) is 3.60. The zero-order chi connectivity index (χ0) is 27.2. The highest BCUT2D eigenvalue weighted by molar-refractivity contribution is 5.93. The van der Waals surface area contributed by atoms with Gasteiger partial charge in [-0.15, -0.1) is 0 Å². The van der Waals surface area contributed by atoms with Crippen molar-refractivity contribution < 1.29 is 18.0 Å². The van der Waals surface area contributed by atoms with Crippen molar-refractivity contribution >= 4 is 11.4 Å². The van der Waals surface area contributed by atoms with Crippen molar-refractivity contribution in [1.82, 2.24) is 39.5 Å². The Labute approximate surface area is 215 Å². The van der Waals surface area contributed by atoms with Gasteiger partial charge < -0.3 is 5.32 Å². The van der Waals surface area contributed by atoms with Gasteiger partial charge in [0.2, 0.25) is 0 Å². The molecule has 1 N–H and O–H groups in total. The molecule has 0 saturated heterocycles. The van der Waals surface area contributed by atoms with E-state index < -0.39 is 17.6 Å². The van der Waals surface area contributed by atoms with Crippen LogP contribution in [-0.2, 0) is 25.3 Å². The van der Waals surface area contributed by atoms with Crippen molar-refractivity contribution in [3.05, 3.63) is 78.3 Å². The maximum Gasteiger partial charge on any atom is 0.416 e. The molecule has 0 saturated carbocycles. The summed E-state index contributed by atoms with van der Waals surface area (Å²) in [5.41, 5.74) is 1.87. The van der Waals surface area contributed by atoms with Gasteiger partial charge in [0.05, 0.1) is 40.3 Å². The lowest BCUT2D eigenvalue weighted by molar-refractivity contribution is -0.138. The van der Waals surface area contributed by atoms with Gasteiger partial charge in [-0.05, 0) is 38.5 Å². The van der Waals surface area contributed by atoms with Gasteiger partial charge in [-0.1, -0.05) is 12.1 Å². The molecule has 0 unspecified atom stereocenters. The van der Waals surface area contributed by atoms with Crippen LogP contribution in [0, 0.1) is 0 Å². The number of halogens is 3. The van der Waals surface area contributed by atoms with Crippen LogP contribution in [-0.4, -0.2) is 40.1 Å². The summed E-state index contributed by atoms with van der Waals surface area (Å²) in [5.74, 6) is -0.508. The molecule has 0 fully saturated rings. The second-order valence-corrected chi connectivity index (χ2v) is 9.97. The van der Waals surface area contributed by atoms with Crippen molar-refractivity contribution in [2.24, 2.45) is 7.05 Å². The van der Waals surface area contributed by atoms with Crippen LogP contribution in [0.4, 0.5) is 13.2 Å². The fourth-order valence-corrected chi connectivity index (χ4v) is 4.11. The van der Waals surface area contributed by atoms with Crippen LogP contribution in [0.1, 0.15) is 42.3 Å². The van der Waals surface area contributed by atoms with E-state index in [1.165, 1.54) is 18.6 Å². The molecule has 5 aromatic rings. The molecular formula is C26H25F3N8O. The molecular weight excluding hydrogens is 497 g/mol. The van der Waals surface area contributed by atoms with E-state index in [1.54, 1.807) is 45.6 Å². The number of aromatic nitrogens is 7. The number of hydrogen-bond acceptors (Lipinski definition) is 5. The van der Waals surface area contributed by atoms with E-state index in [4.69, 9.17) is 0 Å². The van der Waals surface area contributed by atoms with E-state index in [-0.39, 0.29) is 28.8 Å². The Morgan fingerprint density at radius 1 is 0.947 bits per heavy atom. The van der Waals surface area contributed by atoms with Crippen molar-refractivity contribution in [2.75, 3.05) is 0 Å². The first kappa shape index (κ1) is 25.2. The monoisotopic (exact) mass is 522 g/mol. The highest BCUT2D eigenvalue weighted by atomic mass is 19.4. The molecule has 196 valence electrons. The Bertz CT molecular complexity index is 1640.